The molecule has 1 atom stereocenters. The minimum Gasteiger partial charge on any atom is -0.396 e. The first kappa shape index (κ1) is 17.7. The molecule has 0 radical (unpaired) electrons. The molecule has 4 nitrogen and oxygen atoms in total. The van der Waals surface area contributed by atoms with E-state index in [1.807, 2.05) is 10.7 Å². The van der Waals surface area contributed by atoms with Crippen molar-refractivity contribution in [3.05, 3.63) is 53.3 Å². The molecule has 1 aromatic carbocycles. The number of hydrogen-bond donors (Lipinski definition) is 2. The second-order valence-electron chi connectivity index (χ2n) is 7.23. The molecular weight excluding hydrogens is 286 g/mol. The molecule has 0 aliphatic heterocycles. The van der Waals surface area contributed by atoms with Gasteiger partial charge in [-0.05, 0) is 18.9 Å². The van der Waals surface area contributed by atoms with Crippen molar-refractivity contribution in [1.29, 1.82) is 0 Å². The number of hydrogen-bond acceptors (Lipinski definition) is 3. The van der Waals surface area contributed by atoms with Gasteiger partial charge in [-0.3, -0.25) is 4.68 Å². The Hall–Kier alpha value is -1.65. The maximum Gasteiger partial charge on any atom is 0.0723 e. The Labute approximate surface area is 139 Å². The maximum absolute atomic E-state index is 9.03. The molecule has 0 unspecified atom stereocenters. The van der Waals surface area contributed by atoms with Crippen molar-refractivity contribution >= 4 is 0 Å². The fourth-order valence-electron chi connectivity index (χ4n) is 2.65. The second kappa shape index (κ2) is 7.75. The number of aliphatic hydroxyl groups excluding tert-OH is 1. The SMILES string of the molecule is C[C@H](CCO)NCc1cn(Cc2ccccc2)nc1C(C)(C)C. The minimum absolute atomic E-state index is 0.0131. The first-order valence-electron chi connectivity index (χ1n) is 8.35. The smallest absolute Gasteiger partial charge is 0.0723 e. The minimum atomic E-state index is 0.0131. The predicted molar refractivity (Wildman–Crippen MR) is 94.5 cm³/mol. The molecular formula is C19H29N3O. The summed E-state index contributed by atoms with van der Waals surface area (Å²) in [5.74, 6) is 0. The summed E-state index contributed by atoms with van der Waals surface area (Å²) in [7, 11) is 0. The molecule has 0 aliphatic carbocycles. The van der Waals surface area contributed by atoms with Crippen molar-refractivity contribution in [3.8, 4) is 0 Å². The molecule has 0 bridgehead atoms. The molecule has 0 fully saturated rings. The van der Waals surface area contributed by atoms with E-state index in [1.54, 1.807) is 0 Å². The van der Waals surface area contributed by atoms with Crippen molar-refractivity contribution in [2.45, 2.75) is 58.7 Å². The van der Waals surface area contributed by atoms with Crippen LogP contribution >= 0.6 is 0 Å². The van der Waals surface area contributed by atoms with E-state index in [2.05, 4.69) is 63.5 Å². The van der Waals surface area contributed by atoms with Gasteiger partial charge in [0.05, 0.1) is 12.2 Å². The van der Waals surface area contributed by atoms with Gasteiger partial charge in [-0.2, -0.15) is 5.10 Å². The van der Waals surface area contributed by atoms with Crippen LogP contribution in [-0.2, 0) is 18.5 Å². The number of nitrogens with one attached hydrogen (secondary N) is 1. The number of benzene rings is 1. The highest BCUT2D eigenvalue weighted by molar-refractivity contribution is 5.25. The van der Waals surface area contributed by atoms with E-state index in [9.17, 15) is 0 Å². The van der Waals surface area contributed by atoms with Crippen LogP contribution in [0.15, 0.2) is 36.5 Å². The summed E-state index contributed by atoms with van der Waals surface area (Å²) in [4.78, 5) is 0. The van der Waals surface area contributed by atoms with Gasteiger partial charge in [0.15, 0.2) is 0 Å². The Kier molecular flexibility index (Phi) is 5.97. The Morgan fingerprint density at radius 3 is 2.52 bits per heavy atom. The van der Waals surface area contributed by atoms with Gasteiger partial charge in [0.25, 0.3) is 0 Å². The molecule has 0 saturated heterocycles. The summed E-state index contributed by atoms with van der Waals surface area (Å²) >= 11 is 0. The molecule has 2 N–H and O–H groups in total. The lowest BCUT2D eigenvalue weighted by Crippen LogP contribution is -2.27. The maximum atomic E-state index is 9.03. The van der Waals surface area contributed by atoms with E-state index in [4.69, 9.17) is 10.2 Å². The Morgan fingerprint density at radius 1 is 1.22 bits per heavy atom. The summed E-state index contributed by atoms with van der Waals surface area (Å²) in [5, 5.41) is 17.3. The molecule has 1 heterocycles. The van der Waals surface area contributed by atoms with Gasteiger partial charge in [-0.25, -0.2) is 0 Å². The van der Waals surface area contributed by atoms with Crippen LogP contribution in [0.25, 0.3) is 0 Å². The van der Waals surface area contributed by atoms with Gasteiger partial charge in [-0.1, -0.05) is 51.1 Å². The number of nitrogens with zero attached hydrogens (tertiary/aromatic N) is 2. The first-order valence-corrected chi connectivity index (χ1v) is 8.35. The number of aliphatic hydroxyl groups is 1. The summed E-state index contributed by atoms with van der Waals surface area (Å²) < 4.78 is 2.03. The first-order chi connectivity index (χ1) is 10.9. The standard InChI is InChI=1S/C19H29N3O/c1-15(10-11-23)20-12-17-14-22(21-18(17)19(2,3)4)13-16-8-6-5-7-9-16/h5-9,14-15,20,23H,10-13H2,1-4H3/t15-/m1/s1. The van der Waals surface area contributed by atoms with Gasteiger partial charge in [0, 0.05) is 36.4 Å². The zero-order chi connectivity index (χ0) is 16.9. The van der Waals surface area contributed by atoms with E-state index in [-0.39, 0.29) is 12.0 Å². The molecule has 2 rings (SSSR count). The van der Waals surface area contributed by atoms with E-state index >= 15 is 0 Å². The molecule has 0 saturated carbocycles. The van der Waals surface area contributed by atoms with Crippen molar-refractivity contribution in [3.63, 3.8) is 0 Å². The summed E-state index contributed by atoms with van der Waals surface area (Å²) in [5.41, 5.74) is 3.64. The van der Waals surface area contributed by atoms with E-state index in [1.165, 1.54) is 11.1 Å². The van der Waals surface area contributed by atoms with Crippen molar-refractivity contribution in [2.75, 3.05) is 6.61 Å². The summed E-state index contributed by atoms with van der Waals surface area (Å²) in [6.07, 6.45) is 2.91. The topological polar surface area (TPSA) is 50.1 Å². The summed E-state index contributed by atoms with van der Waals surface area (Å²) in [6, 6.07) is 10.7. The highest BCUT2D eigenvalue weighted by atomic mass is 16.3. The highest BCUT2D eigenvalue weighted by Gasteiger charge is 2.22. The van der Waals surface area contributed by atoms with Crippen LogP contribution in [0.2, 0.25) is 0 Å². The average Bonchev–Trinajstić information content (AvgIpc) is 2.90. The lowest BCUT2D eigenvalue weighted by atomic mass is 9.89. The average molecular weight is 315 g/mol. The van der Waals surface area contributed by atoms with Crippen LogP contribution in [0.1, 0.15) is 50.9 Å². The highest BCUT2D eigenvalue weighted by Crippen LogP contribution is 2.24. The normalized spacial score (nSPS) is 13.3. The molecule has 1 aromatic heterocycles. The molecule has 0 aliphatic rings. The van der Waals surface area contributed by atoms with Crippen molar-refractivity contribution in [2.24, 2.45) is 0 Å². The zero-order valence-corrected chi connectivity index (χ0v) is 14.7. The third-order valence-electron chi connectivity index (χ3n) is 3.94. The number of aromatic nitrogens is 2. The molecule has 2 aromatic rings. The lowest BCUT2D eigenvalue weighted by molar-refractivity contribution is 0.268. The third kappa shape index (κ3) is 5.19. The lowest BCUT2D eigenvalue weighted by Gasteiger charge is -2.19. The van der Waals surface area contributed by atoms with Crippen LogP contribution < -0.4 is 5.32 Å². The van der Waals surface area contributed by atoms with Crippen LogP contribution in [0.3, 0.4) is 0 Å². The van der Waals surface area contributed by atoms with E-state index in [0.717, 1.165) is 25.2 Å². The van der Waals surface area contributed by atoms with Crippen LogP contribution in [0.4, 0.5) is 0 Å². The molecule has 126 valence electrons. The van der Waals surface area contributed by atoms with E-state index < -0.39 is 0 Å². The Bertz CT molecular complexity index is 599. The zero-order valence-electron chi connectivity index (χ0n) is 14.7. The molecule has 0 amide bonds. The van der Waals surface area contributed by atoms with Crippen molar-refractivity contribution < 1.29 is 5.11 Å². The van der Waals surface area contributed by atoms with Gasteiger partial charge < -0.3 is 10.4 Å². The summed E-state index contributed by atoms with van der Waals surface area (Å²) in [6.45, 7) is 10.5. The van der Waals surface area contributed by atoms with Crippen LogP contribution in [0.5, 0.6) is 0 Å². The molecule has 4 heteroatoms. The largest absolute Gasteiger partial charge is 0.396 e. The fraction of sp³-hybridized carbons (Fsp3) is 0.526. The van der Waals surface area contributed by atoms with Gasteiger partial charge in [-0.15, -0.1) is 0 Å². The monoisotopic (exact) mass is 315 g/mol. The van der Waals surface area contributed by atoms with Gasteiger partial charge >= 0.3 is 0 Å². The fourth-order valence-corrected chi connectivity index (χ4v) is 2.65. The molecule has 23 heavy (non-hydrogen) atoms. The van der Waals surface area contributed by atoms with Gasteiger partial charge in [0.1, 0.15) is 0 Å². The van der Waals surface area contributed by atoms with Crippen LogP contribution in [0, 0.1) is 0 Å². The number of rotatable bonds is 7. The van der Waals surface area contributed by atoms with E-state index in [0.29, 0.717) is 6.04 Å². The van der Waals surface area contributed by atoms with Crippen molar-refractivity contribution in [1.82, 2.24) is 15.1 Å². The Morgan fingerprint density at radius 2 is 1.91 bits per heavy atom. The quantitative estimate of drug-likeness (QED) is 0.825. The predicted octanol–water partition coefficient (Wildman–Crippen LogP) is 3.09. The third-order valence-corrected chi connectivity index (χ3v) is 3.94. The van der Waals surface area contributed by atoms with Gasteiger partial charge in [0.2, 0.25) is 0 Å². The second-order valence-corrected chi connectivity index (χ2v) is 7.23. The van der Waals surface area contributed by atoms with Crippen LogP contribution in [-0.4, -0.2) is 27.5 Å². The Balaban J connectivity index is 2.16. The molecule has 0 spiro atoms.